The highest BCUT2D eigenvalue weighted by Crippen LogP contribution is 2.41. The zero-order valence-electron chi connectivity index (χ0n) is 20.8. The third-order valence-corrected chi connectivity index (χ3v) is 6.50. The summed E-state index contributed by atoms with van der Waals surface area (Å²) in [5, 5.41) is 4.14. The quantitative estimate of drug-likeness (QED) is 0.178. The number of hydrogen-bond donors (Lipinski definition) is 2. The molecule has 2 aromatic rings. The Hall–Kier alpha value is -2.47. The summed E-state index contributed by atoms with van der Waals surface area (Å²) in [6.45, 7) is 1.80. The first-order valence-electron chi connectivity index (χ1n) is 11.3. The lowest BCUT2D eigenvalue weighted by Gasteiger charge is -2.19. The number of carbonyl (C=O) groups is 2. The van der Waals surface area contributed by atoms with E-state index in [-0.39, 0.29) is 32.6 Å². The normalized spacial score (nSPS) is 14.0. The van der Waals surface area contributed by atoms with Gasteiger partial charge >= 0.3 is 12.4 Å². The van der Waals surface area contributed by atoms with E-state index >= 15 is 0 Å². The van der Waals surface area contributed by atoms with Gasteiger partial charge in [0.25, 0.3) is 5.91 Å². The van der Waals surface area contributed by atoms with Crippen molar-refractivity contribution in [3.05, 3.63) is 73.7 Å². The Morgan fingerprint density at radius 2 is 1.56 bits per heavy atom. The number of carbonyl (C=O) groups excluding carboxylic acids is 2. The number of rotatable bonds is 9. The highest BCUT2D eigenvalue weighted by molar-refractivity contribution is 6.48. The van der Waals surface area contributed by atoms with Gasteiger partial charge in [0.15, 0.2) is 0 Å². The fourth-order valence-electron chi connectivity index (χ4n) is 3.42. The predicted molar refractivity (Wildman–Crippen MR) is 139 cm³/mol. The number of halogens is 9. The highest BCUT2D eigenvalue weighted by Gasteiger charge is 2.40. The van der Waals surface area contributed by atoms with Gasteiger partial charge in [-0.1, -0.05) is 53.0 Å². The summed E-state index contributed by atoms with van der Waals surface area (Å²) in [5.74, 6) is -3.81. The minimum Gasteiger partial charge on any atom is -0.336 e. The third-order valence-electron chi connectivity index (χ3n) is 5.30. The lowest BCUT2D eigenvalue weighted by atomic mass is 9.96. The monoisotopic (exact) mass is 617 g/mol. The molecule has 0 fully saturated rings. The Morgan fingerprint density at radius 1 is 0.974 bits per heavy atom. The molecule has 39 heavy (non-hydrogen) atoms. The van der Waals surface area contributed by atoms with Gasteiger partial charge in [-0.15, -0.1) is 0 Å². The molecule has 0 saturated carbocycles. The first-order valence-corrected chi connectivity index (χ1v) is 12.4. The fourth-order valence-corrected chi connectivity index (χ4v) is 4.03. The molecule has 0 aliphatic heterocycles. The Bertz CT molecular complexity index is 1210. The third kappa shape index (κ3) is 9.59. The molecule has 0 aliphatic rings. The van der Waals surface area contributed by atoms with Gasteiger partial charge in [-0.25, -0.2) is 0 Å². The molecule has 2 rings (SSSR count). The summed E-state index contributed by atoms with van der Waals surface area (Å²) in [5.41, 5.74) is -2.75. The van der Waals surface area contributed by atoms with Crippen molar-refractivity contribution in [2.45, 2.75) is 37.8 Å². The summed E-state index contributed by atoms with van der Waals surface area (Å²) >= 11 is 17.5. The minimum absolute atomic E-state index is 0.107. The second kappa shape index (κ2) is 13.3. The van der Waals surface area contributed by atoms with Gasteiger partial charge in [-0.3, -0.25) is 9.59 Å². The van der Waals surface area contributed by atoms with Crippen molar-refractivity contribution >= 4 is 52.7 Å². The van der Waals surface area contributed by atoms with Crippen LogP contribution in [0.5, 0.6) is 0 Å². The smallest absolute Gasteiger partial charge is 0.336 e. The van der Waals surface area contributed by atoms with E-state index in [1.54, 1.807) is 19.0 Å². The van der Waals surface area contributed by atoms with E-state index in [9.17, 15) is 35.9 Å². The molecule has 2 N–H and O–H groups in total. The summed E-state index contributed by atoms with van der Waals surface area (Å²) in [6.07, 6.45) is -9.23. The van der Waals surface area contributed by atoms with Crippen molar-refractivity contribution in [1.82, 2.24) is 15.5 Å². The van der Waals surface area contributed by atoms with Crippen LogP contribution in [0.2, 0.25) is 15.1 Å². The van der Waals surface area contributed by atoms with Crippen LogP contribution in [0.4, 0.5) is 26.3 Å². The lowest BCUT2D eigenvalue weighted by Crippen LogP contribution is -2.46. The zero-order chi connectivity index (χ0) is 29.7. The minimum atomic E-state index is -5.00. The van der Waals surface area contributed by atoms with E-state index in [2.05, 4.69) is 10.6 Å². The molecular formula is C25H24Cl3F6N3O2. The van der Waals surface area contributed by atoms with Crippen LogP contribution in [0.1, 0.15) is 46.3 Å². The first kappa shape index (κ1) is 32.7. The average Bonchev–Trinajstić information content (AvgIpc) is 2.79. The number of alkyl halides is 6. The molecular weight excluding hydrogens is 595 g/mol. The molecule has 2 aromatic carbocycles. The number of allylic oxidation sites excluding steroid dienone is 1. The molecule has 0 saturated heterocycles. The van der Waals surface area contributed by atoms with Crippen molar-refractivity contribution in [1.29, 1.82) is 0 Å². The van der Waals surface area contributed by atoms with Crippen LogP contribution < -0.4 is 10.6 Å². The van der Waals surface area contributed by atoms with Gasteiger partial charge in [0.1, 0.15) is 0 Å². The Labute approximate surface area is 236 Å². The molecule has 2 atom stereocenters. The summed E-state index contributed by atoms with van der Waals surface area (Å²) in [7, 11) is 3.50. The molecule has 0 aromatic heterocycles. The van der Waals surface area contributed by atoms with Gasteiger partial charge in [-0.2, -0.15) is 26.3 Å². The summed E-state index contributed by atoms with van der Waals surface area (Å²) < 4.78 is 82.7. The van der Waals surface area contributed by atoms with E-state index in [0.29, 0.717) is 18.7 Å². The molecule has 5 nitrogen and oxygen atoms in total. The van der Waals surface area contributed by atoms with Crippen LogP contribution in [0.3, 0.4) is 0 Å². The molecule has 0 heterocycles. The average molecular weight is 619 g/mol. The molecule has 0 radical (unpaired) electrons. The largest absolute Gasteiger partial charge is 0.417 e. The van der Waals surface area contributed by atoms with Crippen molar-refractivity contribution in [2.75, 3.05) is 20.6 Å². The van der Waals surface area contributed by atoms with Crippen LogP contribution in [0, 0.1) is 0 Å². The van der Waals surface area contributed by atoms with Gasteiger partial charge in [-0.05, 0) is 56.4 Å². The standard InChI is InChI=1S/C25H24Cl3F6N3O2/c1-13(35-21(38)8-9-37(2)3)36-23(39)16-6-4-14(10-18(16)25(32,33)34)5-7-17(24(29,30)31)15-11-19(26)22(28)20(27)12-15/h4-7,10-13,17H,8-9H2,1-3H3,(H,35,38)(H,36,39)/b7-5+/t13-,17?/m1/s1. The molecule has 14 heteroatoms. The van der Waals surface area contributed by atoms with Crippen molar-refractivity contribution < 1.29 is 35.9 Å². The number of hydrogen-bond acceptors (Lipinski definition) is 3. The number of benzene rings is 2. The second-order valence-electron chi connectivity index (χ2n) is 8.80. The Balaban J connectivity index is 2.33. The molecule has 0 aliphatic carbocycles. The van der Waals surface area contributed by atoms with Gasteiger partial charge in [0.2, 0.25) is 5.91 Å². The molecule has 1 unspecified atom stereocenters. The van der Waals surface area contributed by atoms with Crippen molar-refractivity contribution in [2.24, 2.45) is 0 Å². The first-order chi connectivity index (χ1) is 17.9. The zero-order valence-corrected chi connectivity index (χ0v) is 23.0. The number of amides is 2. The van der Waals surface area contributed by atoms with Crippen LogP contribution in [0.15, 0.2) is 36.4 Å². The van der Waals surface area contributed by atoms with E-state index in [1.165, 1.54) is 6.92 Å². The maximum Gasteiger partial charge on any atom is 0.417 e. The Kier molecular flexibility index (Phi) is 11.1. The number of nitrogens with zero attached hydrogens (tertiary/aromatic N) is 1. The lowest BCUT2D eigenvalue weighted by molar-refractivity contribution is -0.139. The van der Waals surface area contributed by atoms with E-state index in [4.69, 9.17) is 34.8 Å². The maximum atomic E-state index is 13.8. The van der Waals surface area contributed by atoms with Gasteiger partial charge in [0, 0.05) is 13.0 Å². The van der Waals surface area contributed by atoms with E-state index in [1.807, 2.05) is 0 Å². The van der Waals surface area contributed by atoms with Crippen molar-refractivity contribution in [3.63, 3.8) is 0 Å². The number of nitrogens with one attached hydrogen (secondary N) is 2. The highest BCUT2D eigenvalue weighted by atomic mass is 35.5. The van der Waals surface area contributed by atoms with Gasteiger partial charge < -0.3 is 15.5 Å². The van der Waals surface area contributed by atoms with Crippen LogP contribution in [0.25, 0.3) is 6.08 Å². The van der Waals surface area contributed by atoms with Gasteiger partial charge in [0.05, 0.1) is 38.3 Å². The van der Waals surface area contributed by atoms with Crippen LogP contribution in [-0.4, -0.2) is 49.7 Å². The van der Waals surface area contributed by atoms with E-state index in [0.717, 1.165) is 30.3 Å². The molecule has 0 spiro atoms. The predicted octanol–water partition coefficient (Wildman–Crippen LogP) is 7.17. The van der Waals surface area contributed by atoms with Crippen molar-refractivity contribution in [3.8, 4) is 0 Å². The summed E-state index contributed by atoms with van der Waals surface area (Å²) in [4.78, 5) is 26.3. The summed E-state index contributed by atoms with van der Waals surface area (Å²) in [6, 6.07) is 4.40. The molecule has 0 bridgehead atoms. The Morgan fingerprint density at radius 3 is 2.08 bits per heavy atom. The van der Waals surface area contributed by atoms with E-state index < -0.39 is 47.4 Å². The second-order valence-corrected chi connectivity index (χ2v) is 9.99. The maximum absolute atomic E-state index is 13.8. The van der Waals surface area contributed by atoms with Crippen LogP contribution >= 0.6 is 34.8 Å². The van der Waals surface area contributed by atoms with Crippen LogP contribution in [-0.2, 0) is 11.0 Å². The molecule has 2 amide bonds. The topological polar surface area (TPSA) is 61.4 Å². The SMILES string of the molecule is C[C@H](NC(=O)CCN(C)C)NC(=O)c1ccc(/C=C/C(c2cc(Cl)c(Cl)c(Cl)c2)C(F)(F)F)cc1C(F)(F)F. The molecule has 214 valence electrons. The fraction of sp³-hybridized carbons (Fsp3) is 0.360.